The summed E-state index contributed by atoms with van der Waals surface area (Å²) in [5.74, 6) is -2.05. The zero-order valence-electron chi connectivity index (χ0n) is 13.8. The molecule has 1 fully saturated rings. The molecule has 3 nitrogen and oxygen atoms in total. The zero-order chi connectivity index (χ0) is 18.9. The predicted octanol–water partition coefficient (Wildman–Crippen LogP) is 4.68. The van der Waals surface area contributed by atoms with Crippen molar-refractivity contribution in [3.8, 4) is 0 Å². The third-order valence-corrected chi connectivity index (χ3v) is 7.76. The molecule has 138 valence electrons. The Hall–Kier alpha value is -1.79. The van der Waals surface area contributed by atoms with Crippen molar-refractivity contribution >= 4 is 27.7 Å². The van der Waals surface area contributed by atoms with Crippen LogP contribution in [-0.2, 0) is 19.4 Å². The number of halogens is 3. The molecule has 3 rings (SSSR count). The van der Waals surface area contributed by atoms with Gasteiger partial charge in [-0.15, -0.1) is 0 Å². The van der Waals surface area contributed by atoms with Crippen LogP contribution in [0.1, 0.15) is 31.2 Å². The minimum Gasteiger partial charge on any atom is -0.303 e. The topological polar surface area (TPSA) is 51.2 Å². The Morgan fingerprint density at radius 1 is 1.12 bits per heavy atom. The molecule has 2 atom stereocenters. The van der Waals surface area contributed by atoms with E-state index in [0.29, 0.717) is 24.2 Å². The van der Waals surface area contributed by atoms with Crippen molar-refractivity contribution in [3.63, 3.8) is 0 Å². The summed E-state index contributed by atoms with van der Waals surface area (Å²) in [5.41, 5.74) is -0.223. The standard InChI is InChI=1S/C19H17ClF2O3S/c20-14-3-6-16(7-4-14)26(24,25)19(9-1-2-13(11-19)12-23)17-10-15(21)5-8-18(17)22/h3-8,10,12-13H,1-2,9,11H2/t13-,19-/m0/s1. The fourth-order valence-corrected chi connectivity index (χ4v) is 6.08. The molecule has 1 saturated carbocycles. The van der Waals surface area contributed by atoms with Crippen LogP contribution in [0.25, 0.3) is 0 Å². The van der Waals surface area contributed by atoms with Gasteiger partial charge in [-0.1, -0.05) is 18.0 Å². The largest absolute Gasteiger partial charge is 0.303 e. The van der Waals surface area contributed by atoms with Crippen LogP contribution in [0, 0.1) is 17.6 Å². The lowest BCUT2D eigenvalue weighted by Crippen LogP contribution is -2.42. The Kier molecular flexibility index (Phi) is 5.17. The monoisotopic (exact) mass is 398 g/mol. The van der Waals surface area contributed by atoms with Crippen molar-refractivity contribution in [1.29, 1.82) is 0 Å². The van der Waals surface area contributed by atoms with Gasteiger partial charge in [0.25, 0.3) is 0 Å². The van der Waals surface area contributed by atoms with Crippen LogP contribution >= 0.6 is 11.6 Å². The third-order valence-electron chi connectivity index (χ3n) is 5.00. The van der Waals surface area contributed by atoms with E-state index in [0.717, 1.165) is 18.2 Å². The molecule has 0 bridgehead atoms. The van der Waals surface area contributed by atoms with Gasteiger partial charge in [-0.2, -0.15) is 0 Å². The maximum Gasteiger partial charge on any atom is 0.188 e. The molecule has 0 N–H and O–H groups in total. The first-order valence-corrected chi connectivity index (χ1v) is 10.1. The fraction of sp³-hybridized carbons (Fsp3) is 0.316. The number of sulfone groups is 1. The molecule has 0 saturated heterocycles. The summed E-state index contributed by atoms with van der Waals surface area (Å²) >= 11 is 5.84. The van der Waals surface area contributed by atoms with E-state index in [1.807, 2.05) is 0 Å². The lowest BCUT2D eigenvalue weighted by molar-refractivity contribution is -0.112. The number of aldehydes is 1. The van der Waals surface area contributed by atoms with Crippen LogP contribution in [0.4, 0.5) is 8.78 Å². The summed E-state index contributed by atoms with van der Waals surface area (Å²) in [5, 5.41) is 0.365. The van der Waals surface area contributed by atoms with E-state index in [9.17, 15) is 22.0 Å². The molecule has 0 radical (unpaired) electrons. The Bertz CT molecular complexity index is 928. The predicted molar refractivity (Wildman–Crippen MR) is 94.7 cm³/mol. The Balaban J connectivity index is 2.25. The first-order chi connectivity index (χ1) is 12.3. The molecule has 0 spiro atoms. The van der Waals surface area contributed by atoms with Gasteiger partial charge in [0.05, 0.1) is 4.90 Å². The van der Waals surface area contributed by atoms with Crippen LogP contribution in [0.5, 0.6) is 0 Å². The van der Waals surface area contributed by atoms with Gasteiger partial charge in [0, 0.05) is 16.5 Å². The Labute approximate surface area is 155 Å². The summed E-state index contributed by atoms with van der Waals surface area (Å²) in [6, 6.07) is 8.36. The summed E-state index contributed by atoms with van der Waals surface area (Å²) in [6.07, 6.45) is 1.68. The maximum atomic E-state index is 14.6. The Morgan fingerprint density at radius 3 is 2.46 bits per heavy atom. The maximum absolute atomic E-state index is 14.6. The number of hydrogen-bond acceptors (Lipinski definition) is 3. The molecular weight excluding hydrogens is 382 g/mol. The molecule has 0 aliphatic heterocycles. The van der Waals surface area contributed by atoms with Crippen molar-refractivity contribution in [2.24, 2.45) is 5.92 Å². The van der Waals surface area contributed by atoms with Gasteiger partial charge in [0.15, 0.2) is 9.84 Å². The average Bonchev–Trinajstić information content (AvgIpc) is 2.64. The van der Waals surface area contributed by atoms with E-state index >= 15 is 0 Å². The molecule has 0 amide bonds. The molecule has 0 heterocycles. The molecule has 0 unspecified atom stereocenters. The van der Waals surface area contributed by atoms with Crippen LogP contribution in [0.15, 0.2) is 47.4 Å². The Morgan fingerprint density at radius 2 is 1.81 bits per heavy atom. The normalized spacial score (nSPS) is 23.6. The van der Waals surface area contributed by atoms with E-state index in [-0.39, 0.29) is 23.3 Å². The molecule has 2 aromatic rings. The quantitative estimate of drug-likeness (QED) is 0.703. The average molecular weight is 399 g/mol. The number of hydrogen-bond donors (Lipinski definition) is 0. The van der Waals surface area contributed by atoms with E-state index in [1.54, 1.807) is 0 Å². The van der Waals surface area contributed by atoms with Crippen LogP contribution < -0.4 is 0 Å². The van der Waals surface area contributed by atoms with E-state index < -0.39 is 32.1 Å². The highest BCUT2D eigenvalue weighted by Crippen LogP contribution is 2.49. The highest BCUT2D eigenvalue weighted by Gasteiger charge is 2.50. The molecule has 1 aliphatic rings. The van der Waals surface area contributed by atoms with E-state index in [1.165, 1.54) is 24.3 Å². The minimum atomic E-state index is -4.10. The van der Waals surface area contributed by atoms with Crippen LogP contribution in [-0.4, -0.2) is 14.7 Å². The summed E-state index contributed by atoms with van der Waals surface area (Å²) in [4.78, 5) is 11.3. The molecule has 2 aromatic carbocycles. The molecule has 0 aromatic heterocycles. The molecule has 7 heteroatoms. The van der Waals surface area contributed by atoms with Gasteiger partial charge in [-0.05, 0) is 61.7 Å². The van der Waals surface area contributed by atoms with Crippen molar-refractivity contribution in [2.75, 3.05) is 0 Å². The summed E-state index contributed by atoms with van der Waals surface area (Å²) in [7, 11) is -4.10. The van der Waals surface area contributed by atoms with Crippen molar-refractivity contribution in [3.05, 3.63) is 64.7 Å². The van der Waals surface area contributed by atoms with Gasteiger partial charge in [0.2, 0.25) is 0 Å². The second kappa shape index (κ2) is 7.08. The highest BCUT2D eigenvalue weighted by atomic mass is 35.5. The van der Waals surface area contributed by atoms with Crippen molar-refractivity contribution < 1.29 is 22.0 Å². The third kappa shape index (κ3) is 3.16. The number of carbonyl (C=O) groups is 1. The molecule has 1 aliphatic carbocycles. The van der Waals surface area contributed by atoms with Gasteiger partial charge < -0.3 is 4.79 Å². The zero-order valence-corrected chi connectivity index (χ0v) is 15.4. The van der Waals surface area contributed by atoms with Gasteiger partial charge in [-0.3, -0.25) is 0 Å². The van der Waals surface area contributed by atoms with Crippen molar-refractivity contribution in [2.45, 2.75) is 35.3 Å². The highest BCUT2D eigenvalue weighted by molar-refractivity contribution is 7.92. The van der Waals surface area contributed by atoms with Gasteiger partial charge >= 0.3 is 0 Å². The number of benzene rings is 2. The number of rotatable bonds is 4. The van der Waals surface area contributed by atoms with E-state index in [2.05, 4.69) is 0 Å². The van der Waals surface area contributed by atoms with E-state index in [4.69, 9.17) is 11.6 Å². The first kappa shape index (κ1) is 19.0. The lowest BCUT2D eigenvalue weighted by Gasteiger charge is -2.39. The minimum absolute atomic E-state index is 0.0305. The summed E-state index contributed by atoms with van der Waals surface area (Å²) in [6.45, 7) is 0. The first-order valence-electron chi connectivity index (χ1n) is 8.21. The second-order valence-corrected chi connectivity index (χ2v) is 9.26. The van der Waals surface area contributed by atoms with Crippen LogP contribution in [0.3, 0.4) is 0 Å². The molecule has 26 heavy (non-hydrogen) atoms. The second-order valence-electron chi connectivity index (χ2n) is 6.57. The number of carbonyl (C=O) groups excluding carboxylic acids is 1. The lowest BCUT2D eigenvalue weighted by atomic mass is 9.77. The van der Waals surface area contributed by atoms with Gasteiger partial charge in [-0.25, -0.2) is 17.2 Å². The smallest absolute Gasteiger partial charge is 0.188 e. The SMILES string of the molecule is O=C[C@H]1CCC[C@](c2cc(F)ccc2F)(S(=O)(=O)c2ccc(Cl)cc2)C1. The fourth-order valence-electron chi connectivity index (χ4n) is 3.71. The van der Waals surface area contributed by atoms with Gasteiger partial charge in [0.1, 0.15) is 22.7 Å². The van der Waals surface area contributed by atoms with Crippen LogP contribution in [0.2, 0.25) is 5.02 Å². The van der Waals surface area contributed by atoms with Crippen molar-refractivity contribution in [1.82, 2.24) is 0 Å². The summed E-state index contributed by atoms with van der Waals surface area (Å²) < 4.78 is 53.7. The molecular formula is C19H17ClF2O3S.